The summed E-state index contributed by atoms with van der Waals surface area (Å²) in [7, 11) is 0. The van der Waals surface area contributed by atoms with Crippen LogP contribution < -0.4 is 10.5 Å². The molecule has 1 unspecified atom stereocenters. The summed E-state index contributed by atoms with van der Waals surface area (Å²) in [6.45, 7) is 1.22. The van der Waals surface area contributed by atoms with Gasteiger partial charge in [0.1, 0.15) is 47.1 Å². The van der Waals surface area contributed by atoms with Gasteiger partial charge in [0.15, 0.2) is 0 Å². The average molecular weight is 435 g/mol. The zero-order chi connectivity index (χ0) is 22.2. The van der Waals surface area contributed by atoms with E-state index in [-0.39, 0.29) is 16.9 Å². The second-order valence-corrected chi connectivity index (χ2v) is 7.41. The number of nitriles is 2. The molecular formula is C22H19FN6OS. The number of rotatable bonds is 8. The molecule has 0 radical (unpaired) electrons. The zero-order valence-electron chi connectivity index (χ0n) is 16.7. The van der Waals surface area contributed by atoms with Gasteiger partial charge >= 0.3 is 0 Å². The molecule has 0 amide bonds. The Morgan fingerprint density at radius 3 is 2.55 bits per heavy atom. The van der Waals surface area contributed by atoms with Crippen molar-refractivity contribution < 1.29 is 9.13 Å². The van der Waals surface area contributed by atoms with Crippen LogP contribution >= 0.6 is 11.8 Å². The van der Waals surface area contributed by atoms with E-state index in [0.29, 0.717) is 34.2 Å². The highest BCUT2D eigenvalue weighted by atomic mass is 32.2. The van der Waals surface area contributed by atoms with Crippen LogP contribution in [-0.4, -0.2) is 27.7 Å². The van der Waals surface area contributed by atoms with Crippen molar-refractivity contribution in [3.05, 3.63) is 59.5 Å². The van der Waals surface area contributed by atoms with Crippen molar-refractivity contribution in [3.8, 4) is 29.1 Å². The van der Waals surface area contributed by atoms with E-state index < -0.39 is 12.8 Å². The number of aromatic nitrogens is 3. The fourth-order valence-electron chi connectivity index (χ4n) is 2.80. The quantitative estimate of drug-likeness (QED) is 0.521. The Balaban J connectivity index is 1.99. The third-order valence-corrected chi connectivity index (χ3v) is 5.43. The number of halogens is 1. The largest absolute Gasteiger partial charge is 0.486 e. The third kappa shape index (κ3) is 5.08. The van der Waals surface area contributed by atoms with Crippen molar-refractivity contribution in [1.29, 1.82) is 10.5 Å². The van der Waals surface area contributed by atoms with Crippen LogP contribution in [-0.2, 0) is 5.75 Å². The summed E-state index contributed by atoms with van der Waals surface area (Å²) < 4.78 is 18.5. The van der Waals surface area contributed by atoms with Crippen LogP contribution in [0.4, 0.5) is 10.2 Å². The summed E-state index contributed by atoms with van der Waals surface area (Å²) in [4.78, 5) is 12.9. The van der Waals surface area contributed by atoms with Gasteiger partial charge in [0, 0.05) is 17.5 Å². The molecule has 1 atom stereocenters. The molecular weight excluding hydrogens is 415 g/mol. The summed E-state index contributed by atoms with van der Waals surface area (Å²) in [5.41, 5.74) is 7.83. The molecule has 31 heavy (non-hydrogen) atoms. The summed E-state index contributed by atoms with van der Waals surface area (Å²) in [6.07, 6.45) is 3.09. The molecule has 0 fully saturated rings. The Morgan fingerprint density at radius 1 is 1.16 bits per heavy atom. The molecule has 0 aliphatic heterocycles. The predicted octanol–water partition coefficient (Wildman–Crippen LogP) is 4.28. The molecule has 3 rings (SSSR count). The van der Waals surface area contributed by atoms with E-state index in [1.54, 1.807) is 18.3 Å². The van der Waals surface area contributed by atoms with Gasteiger partial charge in [0.25, 0.3) is 0 Å². The molecule has 0 bridgehead atoms. The minimum absolute atomic E-state index is 0.0191. The van der Waals surface area contributed by atoms with Crippen LogP contribution in [0.1, 0.15) is 30.2 Å². The van der Waals surface area contributed by atoms with Gasteiger partial charge in [-0.1, -0.05) is 24.8 Å². The van der Waals surface area contributed by atoms with E-state index >= 15 is 0 Å². The molecule has 7 nitrogen and oxygen atoms in total. The maximum atomic E-state index is 12.9. The lowest BCUT2D eigenvalue weighted by molar-refractivity contribution is 0.160. The molecule has 3 aromatic rings. The summed E-state index contributed by atoms with van der Waals surface area (Å²) in [5, 5.41) is 19.9. The van der Waals surface area contributed by atoms with Crippen LogP contribution in [0.3, 0.4) is 0 Å². The highest BCUT2D eigenvalue weighted by molar-refractivity contribution is 7.98. The number of thioether (sulfide) groups is 1. The number of alkyl halides is 1. The fraction of sp³-hybridized carbons (Fsp3) is 0.227. The number of anilines is 1. The number of pyridine rings is 3. The first-order chi connectivity index (χ1) is 15.1. The minimum Gasteiger partial charge on any atom is -0.486 e. The molecule has 0 saturated heterocycles. The number of nitrogens with zero attached hydrogens (tertiary/aromatic N) is 5. The maximum absolute atomic E-state index is 12.9. The minimum atomic E-state index is -0.604. The van der Waals surface area contributed by atoms with Crippen LogP contribution in [0.5, 0.6) is 5.75 Å². The lowest BCUT2D eigenvalue weighted by Crippen LogP contribution is -2.17. The Bertz CT molecular complexity index is 1120. The Labute approximate surface area is 183 Å². The number of nitrogens with two attached hydrogens (primary N) is 1. The Morgan fingerprint density at radius 2 is 1.97 bits per heavy atom. The first-order valence-electron chi connectivity index (χ1n) is 9.46. The van der Waals surface area contributed by atoms with Crippen molar-refractivity contribution in [2.24, 2.45) is 0 Å². The molecule has 3 heterocycles. The van der Waals surface area contributed by atoms with E-state index in [1.807, 2.05) is 31.2 Å². The van der Waals surface area contributed by atoms with Gasteiger partial charge in [-0.3, -0.25) is 9.97 Å². The smallest absolute Gasteiger partial charge is 0.143 e. The highest BCUT2D eigenvalue weighted by Gasteiger charge is 2.22. The van der Waals surface area contributed by atoms with E-state index in [1.165, 1.54) is 18.0 Å². The molecule has 0 saturated carbocycles. The molecule has 0 spiro atoms. The number of hydrogen-bond acceptors (Lipinski definition) is 8. The monoisotopic (exact) mass is 434 g/mol. The zero-order valence-corrected chi connectivity index (χ0v) is 17.6. The molecule has 0 aliphatic carbocycles. The van der Waals surface area contributed by atoms with Gasteiger partial charge < -0.3 is 10.5 Å². The standard InChI is InChI=1S/C22H19FN6OS/c1-2-15(9-23)30-16-6-7-19(28-12-16)20-17(10-24)21(26)29-22(18(20)11-25)31-13-14-5-3-4-8-27-14/h3-8,12,15H,2,9,13H2,1H3,(H2,26,29). The fourth-order valence-corrected chi connectivity index (χ4v) is 3.71. The second kappa shape index (κ2) is 10.4. The lowest BCUT2D eigenvalue weighted by Gasteiger charge is -2.15. The van der Waals surface area contributed by atoms with Gasteiger partial charge in [-0.05, 0) is 30.7 Å². The van der Waals surface area contributed by atoms with Crippen LogP contribution in [0.2, 0.25) is 0 Å². The lowest BCUT2D eigenvalue weighted by atomic mass is 10.0. The van der Waals surface area contributed by atoms with Gasteiger partial charge in [-0.25, -0.2) is 9.37 Å². The molecule has 0 aromatic carbocycles. The predicted molar refractivity (Wildman–Crippen MR) is 116 cm³/mol. The van der Waals surface area contributed by atoms with Gasteiger partial charge in [0.2, 0.25) is 0 Å². The molecule has 156 valence electrons. The SMILES string of the molecule is CCC(CF)Oc1ccc(-c2c(C#N)c(N)nc(SCc3ccccn3)c2C#N)nc1. The molecule has 9 heteroatoms. The van der Waals surface area contributed by atoms with Crippen LogP contribution in [0, 0.1) is 22.7 Å². The van der Waals surface area contributed by atoms with Gasteiger partial charge in [0.05, 0.1) is 23.1 Å². The summed E-state index contributed by atoms with van der Waals surface area (Å²) >= 11 is 1.30. The average Bonchev–Trinajstić information content (AvgIpc) is 2.81. The Hall–Kier alpha value is -3.69. The van der Waals surface area contributed by atoms with Crippen molar-refractivity contribution in [2.45, 2.75) is 30.2 Å². The van der Waals surface area contributed by atoms with Crippen LogP contribution in [0.25, 0.3) is 11.3 Å². The van der Waals surface area contributed by atoms with Crippen LogP contribution in [0.15, 0.2) is 47.8 Å². The normalized spacial score (nSPS) is 11.4. The van der Waals surface area contributed by atoms with E-state index in [0.717, 1.165) is 5.69 Å². The van der Waals surface area contributed by atoms with Gasteiger partial charge in [-0.15, -0.1) is 0 Å². The van der Waals surface area contributed by atoms with E-state index in [2.05, 4.69) is 21.0 Å². The topological polar surface area (TPSA) is 121 Å². The summed E-state index contributed by atoms with van der Waals surface area (Å²) in [6, 6.07) is 13.0. The van der Waals surface area contributed by atoms with Crippen molar-refractivity contribution in [1.82, 2.24) is 15.0 Å². The maximum Gasteiger partial charge on any atom is 0.143 e. The number of hydrogen-bond donors (Lipinski definition) is 1. The van der Waals surface area contributed by atoms with Crippen molar-refractivity contribution in [3.63, 3.8) is 0 Å². The highest BCUT2D eigenvalue weighted by Crippen LogP contribution is 2.36. The third-order valence-electron chi connectivity index (χ3n) is 4.42. The van der Waals surface area contributed by atoms with E-state index in [9.17, 15) is 14.9 Å². The molecule has 3 aromatic heterocycles. The van der Waals surface area contributed by atoms with Crippen molar-refractivity contribution in [2.75, 3.05) is 12.4 Å². The molecule has 2 N–H and O–H groups in total. The van der Waals surface area contributed by atoms with E-state index in [4.69, 9.17) is 10.5 Å². The second-order valence-electron chi connectivity index (χ2n) is 6.44. The first kappa shape index (κ1) is 22.0. The van der Waals surface area contributed by atoms with Gasteiger partial charge in [-0.2, -0.15) is 10.5 Å². The first-order valence-corrected chi connectivity index (χ1v) is 10.4. The molecule has 0 aliphatic rings. The Kier molecular flexibility index (Phi) is 7.36. The summed E-state index contributed by atoms with van der Waals surface area (Å²) in [5.74, 6) is 0.900. The number of ether oxygens (including phenoxy) is 1. The number of nitrogen functional groups attached to an aromatic ring is 1. The van der Waals surface area contributed by atoms with Crippen molar-refractivity contribution >= 4 is 17.6 Å².